The van der Waals surface area contributed by atoms with Crippen LogP contribution in [0.4, 0.5) is 24.5 Å². The molecule has 4 rings (SSSR count). The first-order valence-corrected chi connectivity index (χ1v) is 11.3. The van der Waals surface area contributed by atoms with E-state index in [0.29, 0.717) is 25.2 Å². The molecule has 3 aliphatic rings. The van der Waals surface area contributed by atoms with Crippen molar-refractivity contribution in [2.24, 2.45) is 5.92 Å². The lowest BCUT2D eigenvalue weighted by atomic mass is 9.95. The smallest absolute Gasteiger partial charge is 0.309 e. The maximum Gasteiger partial charge on any atom is 0.391 e. The fourth-order valence-electron chi connectivity index (χ4n) is 4.49. The second-order valence-corrected chi connectivity index (χ2v) is 9.95. The second kappa shape index (κ2) is 7.60. The largest absolute Gasteiger partial charge is 0.391 e. The molecule has 0 radical (unpaired) electrons. The van der Waals surface area contributed by atoms with Crippen molar-refractivity contribution in [1.82, 2.24) is 15.6 Å². The molecule has 0 saturated carbocycles. The Balaban J connectivity index is 1.43. The number of para-hydroxylation sites is 1. The monoisotopic (exact) mass is 433 g/mol. The first-order chi connectivity index (χ1) is 13.6. The standard InChI is InChI=1S/C18H26F3N5O2S/c1-25-17-12(10-23-25)3-2-4-15(17)24-29(27,28)14-6-8-26(11-14)16-9-13(5-7-22-16)18(19,20)21/h2-4,13-14,16,22-24H,5-11H2,1H3/t13?,14-,16?/m0/s1. The van der Waals surface area contributed by atoms with Crippen molar-refractivity contribution in [1.29, 1.82) is 0 Å². The Morgan fingerprint density at radius 1 is 1.24 bits per heavy atom. The number of rotatable bonds is 4. The molecular formula is C18H26F3N5O2S. The first kappa shape index (κ1) is 20.7. The van der Waals surface area contributed by atoms with Crippen LogP contribution in [0.25, 0.3) is 0 Å². The molecule has 11 heteroatoms. The van der Waals surface area contributed by atoms with Crippen molar-refractivity contribution < 1.29 is 21.6 Å². The van der Waals surface area contributed by atoms with E-state index in [1.54, 1.807) is 11.1 Å². The SMILES string of the molecule is CN1NCc2cccc(NS(=O)(=O)[C@H]3CCN(C4CC(C(F)(F)F)CCN4)C3)c21. The highest BCUT2D eigenvalue weighted by Gasteiger charge is 2.45. The van der Waals surface area contributed by atoms with Gasteiger partial charge in [0.15, 0.2) is 0 Å². The number of nitrogens with zero attached hydrogens (tertiary/aromatic N) is 2. The molecule has 3 N–H and O–H groups in total. The van der Waals surface area contributed by atoms with Gasteiger partial charge in [0.05, 0.1) is 28.7 Å². The molecule has 0 aliphatic carbocycles. The van der Waals surface area contributed by atoms with Crippen LogP contribution < -0.4 is 20.5 Å². The van der Waals surface area contributed by atoms with E-state index in [0.717, 1.165) is 11.3 Å². The molecule has 2 saturated heterocycles. The number of fused-ring (bicyclic) bond motifs is 1. The Morgan fingerprint density at radius 3 is 2.79 bits per heavy atom. The van der Waals surface area contributed by atoms with Crippen molar-refractivity contribution >= 4 is 21.4 Å². The minimum Gasteiger partial charge on any atom is -0.309 e. The van der Waals surface area contributed by atoms with Gasteiger partial charge in [-0.1, -0.05) is 12.1 Å². The number of anilines is 2. The molecule has 1 aromatic rings. The van der Waals surface area contributed by atoms with Crippen LogP contribution in [0.15, 0.2) is 18.2 Å². The highest BCUT2D eigenvalue weighted by molar-refractivity contribution is 7.93. The summed E-state index contributed by atoms with van der Waals surface area (Å²) in [7, 11) is -1.84. The summed E-state index contributed by atoms with van der Waals surface area (Å²) < 4.78 is 67.9. The van der Waals surface area contributed by atoms with Crippen molar-refractivity contribution in [2.45, 2.75) is 43.4 Å². The average molecular weight is 434 g/mol. The van der Waals surface area contributed by atoms with Gasteiger partial charge in [-0.3, -0.25) is 9.62 Å². The highest BCUT2D eigenvalue weighted by Crippen LogP contribution is 2.36. The molecule has 2 fully saturated rings. The predicted octanol–water partition coefficient (Wildman–Crippen LogP) is 1.84. The molecule has 7 nitrogen and oxygen atoms in total. The van der Waals surface area contributed by atoms with E-state index >= 15 is 0 Å². The summed E-state index contributed by atoms with van der Waals surface area (Å²) in [6.45, 7) is 1.60. The van der Waals surface area contributed by atoms with Gasteiger partial charge in [0.25, 0.3) is 0 Å². The zero-order valence-corrected chi connectivity index (χ0v) is 17.0. The van der Waals surface area contributed by atoms with Crippen molar-refractivity contribution in [3.8, 4) is 0 Å². The van der Waals surface area contributed by atoms with Crippen molar-refractivity contribution in [2.75, 3.05) is 36.4 Å². The minimum absolute atomic E-state index is 0.0354. The second-order valence-electron chi connectivity index (χ2n) is 7.99. The number of hydrazine groups is 1. The minimum atomic E-state index is -4.21. The van der Waals surface area contributed by atoms with E-state index in [4.69, 9.17) is 0 Å². The van der Waals surface area contributed by atoms with Crippen LogP contribution in [0.5, 0.6) is 0 Å². The average Bonchev–Trinajstić information content (AvgIpc) is 3.30. The zero-order chi connectivity index (χ0) is 20.8. The van der Waals surface area contributed by atoms with Gasteiger partial charge < -0.3 is 10.3 Å². The molecule has 1 aromatic carbocycles. The highest BCUT2D eigenvalue weighted by atomic mass is 32.2. The van der Waals surface area contributed by atoms with Gasteiger partial charge in [-0.15, -0.1) is 0 Å². The zero-order valence-electron chi connectivity index (χ0n) is 16.2. The molecule has 0 amide bonds. The van der Waals surface area contributed by atoms with E-state index in [2.05, 4.69) is 15.5 Å². The normalized spacial score (nSPS) is 28.6. The van der Waals surface area contributed by atoms with Gasteiger partial charge in [-0.05, 0) is 37.4 Å². The molecule has 162 valence electrons. The molecule has 3 aliphatic heterocycles. The van der Waals surface area contributed by atoms with Gasteiger partial charge >= 0.3 is 6.18 Å². The summed E-state index contributed by atoms with van der Waals surface area (Å²) in [5.41, 5.74) is 5.46. The number of benzene rings is 1. The Bertz CT molecular complexity index is 864. The summed E-state index contributed by atoms with van der Waals surface area (Å²) in [5, 5.41) is 4.25. The van der Waals surface area contributed by atoms with Crippen LogP contribution in [0, 0.1) is 5.92 Å². The summed E-state index contributed by atoms with van der Waals surface area (Å²) in [6.07, 6.45) is -4.22. The van der Waals surface area contributed by atoms with Gasteiger partial charge in [0, 0.05) is 26.7 Å². The summed E-state index contributed by atoms with van der Waals surface area (Å²) in [5.74, 6) is -1.34. The third-order valence-electron chi connectivity index (χ3n) is 6.11. The van der Waals surface area contributed by atoms with E-state index in [-0.39, 0.29) is 25.9 Å². The number of alkyl halides is 3. The maximum absolute atomic E-state index is 13.1. The number of nitrogens with one attached hydrogen (secondary N) is 3. The van der Waals surface area contributed by atoms with Crippen LogP contribution in [0.1, 0.15) is 24.8 Å². The molecule has 0 aromatic heterocycles. The molecule has 2 unspecified atom stereocenters. The van der Waals surface area contributed by atoms with E-state index in [1.165, 1.54) is 0 Å². The third-order valence-corrected chi connectivity index (χ3v) is 7.88. The number of piperidine rings is 1. The van der Waals surface area contributed by atoms with Gasteiger partial charge in [0.2, 0.25) is 10.0 Å². The molecule has 3 heterocycles. The van der Waals surface area contributed by atoms with Crippen LogP contribution in [0.2, 0.25) is 0 Å². The summed E-state index contributed by atoms with van der Waals surface area (Å²) in [4.78, 5) is 1.84. The molecular weight excluding hydrogens is 407 g/mol. The lowest BCUT2D eigenvalue weighted by Crippen LogP contribution is -2.52. The van der Waals surface area contributed by atoms with Crippen LogP contribution in [-0.4, -0.2) is 57.6 Å². The van der Waals surface area contributed by atoms with Crippen molar-refractivity contribution in [3.05, 3.63) is 23.8 Å². The molecule has 0 bridgehead atoms. The molecule has 3 atom stereocenters. The Kier molecular flexibility index (Phi) is 5.43. The Labute approximate surface area is 168 Å². The fraction of sp³-hybridized carbons (Fsp3) is 0.667. The maximum atomic E-state index is 13.1. The number of hydrogen-bond donors (Lipinski definition) is 3. The van der Waals surface area contributed by atoms with Gasteiger partial charge in [0.1, 0.15) is 0 Å². The summed E-state index contributed by atoms with van der Waals surface area (Å²) >= 11 is 0. The third kappa shape index (κ3) is 4.18. The number of halogens is 3. The van der Waals surface area contributed by atoms with Crippen LogP contribution in [-0.2, 0) is 16.6 Å². The summed E-state index contributed by atoms with van der Waals surface area (Å²) in [6, 6.07) is 5.47. The van der Waals surface area contributed by atoms with Gasteiger partial charge in [-0.2, -0.15) is 13.2 Å². The van der Waals surface area contributed by atoms with Crippen LogP contribution >= 0.6 is 0 Å². The quantitative estimate of drug-likeness (QED) is 0.673. The lowest BCUT2D eigenvalue weighted by molar-refractivity contribution is -0.186. The number of sulfonamides is 1. The first-order valence-electron chi connectivity index (χ1n) is 9.80. The Hall–Kier alpha value is -1.56. The van der Waals surface area contributed by atoms with Crippen LogP contribution in [0.3, 0.4) is 0 Å². The molecule has 29 heavy (non-hydrogen) atoms. The lowest BCUT2D eigenvalue weighted by Gasteiger charge is -2.36. The Morgan fingerprint density at radius 2 is 2.03 bits per heavy atom. The molecule has 0 spiro atoms. The van der Waals surface area contributed by atoms with E-state index in [9.17, 15) is 21.6 Å². The topological polar surface area (TPSA) is 76.7 Å². The predicted molar refractivity (Wildman–Crippen MR) is 105 cm³/mol. The number of likely N-dealkylation sites (tertiary alicyclic amines) is 1. The van der Waals surface area contributed by atoms with Gasteiger partial charge in [-0.25, -0.2) is 13.8 Å². The fourth-order valence-corrected chi connectivity index (χ4v) is 5.93. The van der Waals surface area contributed by atoms with E-state index < -0.39 is 33.5 Å². The number of hydrogen-bond acceptors (Lipinski definition) is 6. The van der Waals surface area contributed by atoms with E-state index in [1.807, 2.05) is 24.1 Å². The van der Waals surface area contributed by atoms with Crippen molar-refractivity contribution in [3.63, 3.8) is 0 Å².